The van der Waals surface area contributed by atoms with E-state index in [0.29, 0.717) is 11.4 Å². The topological polar surface area (TPSA) is 102 Å². The fraction of sp³-hybridized carbons (Fsp3) is 0. The van der Waals surface area contributed by atoms with Gasteiger partial charge in [0.25, 0.3) is 5.56 Å². The average molecular weight is 310 g/mol. The number of nitrogens with two attached hydrogens (primary N) is 1. The third kappa shape index (κ3) is 3.41. The van der Waals surface area contributed by atoms with Crippen LogP contribution in [0.15, 0.2) is 65.5 Å². The number of carbonyl (C=O) groups excluding carboxylic acids is 1. The minimum Gasteiger partial charge on any atom is -0.457 e. The zero-order valence-corrected chi connectivity index (χ0v) is 12.0. The van der Waals surface area contributed by atoms with Crippen LogP contribution in [0, 0.1) is 0 Å². The molecule has 2 aromatic carbocycles. The molecular weight excluding hydrogens is 296 g/mol. The first-order valence-electron chi connectivity index (χ1n) is 6.84. The smallest absolute Gasteiger partial charge is 0.346 e. The number of ether oxygens (including phenoxy) is 1. The van der Waals surface area contributed by atoms with Gasteiger partial charge in [0.1, 0.15) is 17.3 Å². The second-order valence-corrected chi connectivity index (χ2v) is 4.75. The summed E-state index contributed by atoms with van der Waals surface area (Å²) in [6.45, 7) is 0. The predicted molar refractivity (Wildman–Crippen MR) is 86.8 cm³/mol. The highest BCUT2D eigenvalue weighted by Crippen LogP contribution is 2.22. The van der Waals surface area contributed by atoms with E-state index in [9.17, 15) is 9.59 Å². The normalized spacial score (nSPS) is 10.3. The Hall–Kier alpha value is -3.48. The van der Waals surface area contributed by atoms with Crippen molar-refractivity contribution in [2.75, 3.05) is 11.1 Å². The van der Waals surface area contributed by atoms with Gasteiger partial charge in [-0.2, -0.15) is 4.68 Å². The van der Waals surface area contributed by atoms with E-state index in [4.69, 9.17) is 10.5 Å². The highest BCUT2D eigenvalue weighted by Gasteiger charge is 2.09. The van der Waals surface area contributed by atoms with Gasteiger partial charge in [-0.1, -0.05) is 18.2 Å². The standard InChI is InChI=1S/C16H14N4O3/c17-14-10-15(21)19-20(14)16(22)18-11-6-8-13(9-7-11)23-12-4-2-1-3-5-12/h1-10H,17H2,(H,18,22)(H,19,21). The van der Waals surface area contributed by atoms with E-state index in [1.807, 2.05) is 30.3 Å². The summed E-state index contributed by atoms with van der Waals surface area (Å²) in [6, 6.07) is 16.8. The molecule has 0 fully saturated rings. The SMILES string of the molecule is Nc1cc(=O)[nH]n1C(=O)Nc1ccc(Oc2ccccc2)cc1. The largest absolute Gasteiger partial charge is 0.457 e. The Morgan fingerprint density at radius 3 is 2.30 bits per heavy atom. The molecule has 0 radical (unpaired) electrons. The van der Waals surface area contributed by atoms with E-state index in [-0.39, 0.29) is 5.82 Å². The Morgan fingerprint density at radius 2 is 1.70 bits per heavy atom. The van der Waals surface area contributed by atoms with Gasteiger partial charge in [0, 0.05) is 11.8 Å². The van der Waals surface area contributed by atoms with E-state index < -0.39 is 11.6 Å². The van der Waals surface area contributed by atoms with Crippen molar-refractivity contribution in [3.8, 4) is 11.5 Å². The lowest BCUT2D eigenvalue weighted by Gasteiger charge is -2.08. The van der Waals surface area contributed by atoms with Gasteiger partial charge in [-0.15, -0.1) is 0 Å². The van der Waals surface area contributed by atoms with Gasteiger partial charge in [0.2, 0.25) is 0 Å². The van der Waals surface area contributed by atoms with Crippen LogP contribution in [0.2, 0.25) is 0 Å². The number of nitrogen functional groups attached to an aromatic ring is 1. The van der Waals surface area contributed by atoms with E-state index in [2.05, 4.69) is 10.4 Å². The summed E-state index contributed by atoms with van der Waals surface area (Å²) in [5.74, 6) is 1.40. The van der Waals surface area contributed by atoms with Crippen molar-refractivity contribution < 1.29 is 9.53 Å². The van der Waals surface area contributed by atoms with Crippen molar-refractivity contribution in [3.63, 3.8) is 0 Å². The molecule has 0 saturated heterocycles. The van der Waals surface area contributed by atoms with E-state index >= 15 is 0 Å². The third-order valence-electron chi connectivity index (χ3n) is 3.05. The Labute approximate surface area is 131 Å². The lowest BCUT2D eigenvalue weighted by molar-refractivity contribution is 0.251. The molecule has 116 valence electrons. The zero-order chi connectivity index (χ0) is 16.2. The van der Waals surface area contributed by atoms with Gasteiger partial charge < -0.3 is 15.8 Å². The van der Waals surface area contributed by atoms with Gasteiger partial charge >= 0.3 is 6.03 Å². The number of aromatic nitrogens is 2. The highest BCUT2D eigenvalue weighted by molar-refractivity contribution is 5.92. The number of anilines is 2. The Bertz CT molecular complexity index is 866. The Morgan fingerprint density at radius 1 is 1.04 bits per heavy atom. The molecule has 0 spiro atoms. The molecule has 0 bridgehead atoms. The van der Waals surface area contributed by atoms with E-state index in [1.54, 1.807) is 24.3 Å². The quantitative estimate of drug-likeness (QED) is 0.692. The number of nitrogens with zero attached hydrogens (tertiary/aromatic N) is 1. The molecular formula is C16H14N4O3. The summed E-state index contributed by atoms with van der Waals surface area (Å²) in [6.07, 6.45) is 0. The van der Waals surface area contributed by atoms with Crippen LogP contribution in [0.3, 0.4) is 0 Å². The van der Waals surface area contributed by atoms with Crippen LogP contribution in [-0.2, 0) is 0 Å². The Balaban J connectivity index is 1.69. The summed E-state index contributed by atoms with van der Waals surface area (Å²) >= 11 is 0. The van der Waals surface area contributed by atoms with Gasteiger partial charge in [0.05, 0.1) is 0 Å². The Kier molecular flexibility index (Phi) is 3.84. The number of hydrogen-bond donors (Lipinski definition) is 3. The number of amides is 1. The van der Waals surface area contributed by atoms with Crippen LogP contribution >= 0.6 is 0 Å². The fourth-order valence-corrected chi connectivity index (χ4v) is 1.98. The molecule has 0 aliphatic heterocycles. The zero-order valence-electron chi connectivity index (χ0n) is 12.0. The van der Waals surface area contributed by atoms with Crippen molar-refractivity contribution in [1.82, 2.24) is 9.78 Å². The lowest BCUT2D eigenvalue weighted by atomic mass is 10.3. The van der Waals surface area contributed by atoms with Gasteiger partial charge in [0.15, 0.2) is 0 Å². The van der Waals surface area contributed by atoms with Crippen LogP contribution in [-0.4, -0.2) is 15.8 Å². The first-order valence-corrected chi connectivity index (χ1v) is 6.84. The summed E-state index contributed by atoms with van der Waals surface area (Å²) in [5.41, 5.74) is 5.66. The summed E-state index contributed by atoms with van der Waals surface area (Å²) in [5, 5.41) is 4.93. The first-order chi connectivity index (χ1) is 11.1. The molecule has 23 heavy (non-hydrogen) atoms. The molecule has 3 rings (SSSR count). The number of hydrogen-bond acceptors (Lipinski definition) is 4. The number of benzene rings is 2. The molecule has 7 nitrogen and oxygen atoms in total. The van der Waals surface area contributed by atoms with Crippen molar-refractivity contribution >= 4 is 17.5 Å². The second-order valence-electron chi connectivity index (χ2n) is 4.75. The minimum absolute atomic E-state index is 0.0385. The lowest BCUT2D eigenvalue weighted by Crippen LogP contribution is -2.23. The molecule has 0 saturated carbocycles. The van der Waals surface area contributed by atoms with Gasteiger partial charge in [-0.05, 0) is 36.4 Å². The number of para-hydroxylation sites is 1. The maximum Gasteiger partial charge on any atom is 0.346 e. The number of rotatable bonds is 3. The third-order valence-corrected chi connectivity index (χ3v) is 3.05. The molecule has 7 heteroatoms. The highest BCUT2D eigenvalue weighted by atomic mass is 16.5. The minimum atomic E-state index is -0.554. The molecule has 0 aliphatic rings. The van der Waals surface area contributed by atoms with Gasteiger partial charge in [-0.3, -0.25) is 9.89 Å². The predicted octanol–water partition coefficient (Wildman–Crippen LogP) is 2.63. The number of aromatic amines is 1. The van der Waals surface area contributed by atoms with Gasteiger partial charge in [-0.25, -0.2) is 4.79 Å². The maximum atomic E-state index is 12.0. The second kappa shape index (κ2) is 6.10. The number of carbonyl (C=O) groups is 1. The van der Waals surface area contributed by atoms with Crippen LogP contribution in [0.5, 0.6) is 11.5 Å². The van der Waals surface area contributed by atoms with Crippen molar-refractivity contribution in [1.29, 1.82) is 0 Å². The van der Waals surface area contributed by atoms with Crippen LogP contribution in [0.1, 0.15) is 0 Å². The summed E-state index contributed by atoms with van der Waals surface area (Å²) in [7, 11) is 0. The first kappa shape index (κ1) is 14.5. The molecule has 1 amide bonds. The number of H-pyrrole nitrogens is 1. The van der Waals surface area contributed by atoms with Crippen LogP contribution < -0.4 is 21.3 Å². The summed E-state index contributed by atoms with van der Waals surface area (Å²) in [4.78, 5) is 23.1. The molecule has 1 aromatic heterocycles. The molecule has 1 heterocycles. The maximum absolute atomic E-state index is 12.0. The molecule has 4 N–H and O–H groups in total. The van der Waals surface area contributed by atoms with E-state index in [0.717, 1.165) is 16.5 Å². The van der Waals surface area contributed by atoms with Crippen molar-refractivity contribution in [2.45, 2.75) is 0 Å². The van der Waals surface area contributed by atoms with Crippen LogP contribution in [0.25, 0.3) is 0 Å². The monoisotopic (exact) mass is 310 g/mol. The fourth-order valence-electron chi connectivity index (χ4n) is 1.98. The average Bonchev–Trinajstić information content (AvgIpc) is 2.89. The molecule has 0 unspecified atom stereocenters. The molecule has 0 atom stereocenters. The number of nitrogens with one attached hydrogen (secondary N) is 2. The summed E-state index contributed by atoms with van der Waals surface area (Å²) < 4.78 is 6.60. The molecule has 3 aromatic rings. The van der Waals surface area contributed by atoms with Crippen LogP contribution in [0.4, 0.5) is 16.3 Å². The van der Waals surface area contributed by atoms with E-state index in [1.165, 1.54) is 0 Å². The van der Waals surface area contributed by atoms with Crippen molar-refractivity contribution in [2.24, 2.45) is 0 Å². The van der Waals surface area contributed by atoms with Crippen molar-refractivity contribution in [3.05, 3.63) is 71.0 Å². The molecule has 0 aliphatic carbocycles.